The maximum absolute atomic E-state index is 13.9. The van der Waals surface area contributed by atoms with Crippen molar-refractivity contribution in [2.24, 2.45) is 0 Å². The molecule has 0 bridgehead atoms. The molecule has 102 valence electrons. The average Bonchev–Trinajstić information content (AvgIpc) is 2.90. The first-order valence-electron chi connectivity index (χ1n) is 6.41. The highest BCUT2D eigenvalue weighted by atomic mass is 35.5. The van der Waals surface area contributed by atoms with E-state index < -0.39 is 0 Å². The van der Waals surface area contributed by atoms with E-state index in [1.165, 1.54) is 6.07 Å². The van der Waals surface area contributed by atoms with Gasteiger partial charge >= 0.3 is 0 Å². The summed E-state index contributed by atoms with van der Waals surface area (Å²) in [6, 6.07) is 8.23. The summed E-state index contributed by atoms with van der Waals surface area (Å²) in [6.07, 6.45) is 3.21. The van der Waals surface area contributed by atoms with E-state index in [9.17, 15) is 4.39 Å². The number of nitrogens with one attached hydrogen (secondary N) is 1. The van der Waals surface area contributed by atoms with Crippen LogP contribution in [0.4, 0.5) is 4.39 Å². The molecule has 0 aliphatic heterocycles. The van der Waals surface area contributed by atoms with Crippen LogP contribution in [-0.4, -0.2) is 6.54 Å². The summed E-state index contributed by atoms with van der Waals surface area (Å²) < 4.78 is 19.3. The van der Waals surface area contributed by atoms with Gasteiger partial charge in [0.1, 0.15) is 11.6 Å². The fourth-order valence-electron chi connectivity index (χ4n) is 2.02. The molecule has 0 aliphatic rings. The van der Waals surface area contributed by atoms with Crippen molar-refractivity contribution in [2.75, 3.05) is 6.54 Å². The fourth-order valence-corrected chi connectivity index (χ4v) is 2.20. The molecule has 4 heteroatoms. The van der Waals surface area contributed by atoms with Crippen molar-refractivity contribution >= 4 is 11.6 Å². The van der Waals surface area contributed by atoms with E-state index in [1.807, 2.05) is 12.1 Å². The molecule has 1 aromatic carbocycles. The number of benzene rings is 1. The lowest BCUT2D eigenvalue weighted by atomic mass is 10.0. The van der Waals surface area contributed by atoms with Crippen LogP contribution in [0.1, 0.15) is 30.7 Å². The van der Waals surface area contributed by atoms with Crippen LogP contribution >= 0.6 is 11.6 Å². The molecule has 0 saturated heterocycles. The Hall–Kier alpha value is -1.32. The van der Waals surface area contributed by atoms with Crippen LogP contribution in [0.2, 0.25) is 5.02 Å². The molecule has 2 nitrogen and oxygen atoms in total. The van der Waals surface area contributed by atoms with Gasteiger partial charge in [-0.15, -0.1) is 0 Å². The lowest BCUT2D eigenvalue weighted by Crippen LogP contribution is -2.25. The highest BCUT2D eigenvalue weighted by Crippen LogP contribution is 2.24. The summed E-state index contributed by atoms with van der Waals surface area (Å²) in [5.41, 5.74) is 0.581. The Kier molecular flexibility index (Phi) is 5.00. The van der Waals surface area contributed by atoms with Crippen molar-refractivity contribution in [3.8, 4) is 0 Å². The number of hydrogen-bond acceptors (Lipinski definition) is 2. The molecule has 0 amide bonds. The molecule has 1 heterocycles. The molecule has 0 saturated carbocycles. The summed E-state index contributed by atoms with van der Waals surface area (Å²) >= 11 is 5.96. The Bertz CT molecular complexity index is 513. The molecule has 2 aromatic rings. The Morgan fingerprint density at radius 3 is 2.89 bits per heavy atom. The Labute approximate surface area is 117 Å². The Morgan fingerprint density at radius 2 is 2.21 bits per heavy atom. The second-order valence-electron chi connectivity index (χ2n) is 4.46. The molecule has 0 spiro atoms. The van der Waals surface area contributed by atoms with Crippen LogP contribution < -0.4 is 5.32 Å². The van der Waals surface area contributed by atoms with Gasteiger partial charge in [0.05, 0.1) is 6.26 Å². The molecule has 1 aromatic heterocycles. The molecule has 2 rings (SSSR count). The van der Waals surface area contributed by atoms with E-state index in [4.69, 9.17) is 16.0 Å². The van der Waals surface area contributed by atoms with Crippen molar-refractivity contribution in [1.82, 2.24) is 5.32 Å². The largest absolute Gasteiger partial charge is 0.469 e. The van der Waals surface area contributed by atoms with Gasteiger partial charge in [0, 0.05) is 23.0 Å². The van der Waals surface area contributed by atoms with Crippen molar-refractivity contribution in [3.63, 3.8) is 0 Å². The standard InChI is InChI=1S/C15H17ClFNO/c1-2-7-18-15(10-12-4-3-8-19-12)13-9-11(16)5-6-14(13)17/h3-6,8-9,15,18H,2,7,10H2,1H3. The maximum atomic E-state index is 13.9. The number of rotatable bonds is 6. The third-order valence-electron chi connectivity index (χ3n) is 2.96. The summed E-state index contributed by atoms with van der Waals surface area (Å²) in [6.45, 7) is 2.89. The van der Waals surface area contributed by atoms with Gasteiger partial charge in [-0.3, -0.25) is 0 Å². The van der Waals surface area contributed by atoms with Crippen LogP contribution in [0.25, 0.3) is 0 Å². The van der Waals surface area contributed by atoms with Crippen LogP contribution in [0, 0.1) is 5.82 Å². The quantitative estimate of drug-likeness (QED) is 0.851. The molecule has 0 fully saturated rings. The molecule has 1 unspecified atom stereocenters. The molecule has 0 radical (unpaired) electrons. The van der Waals surface area contributed by atoms with Gasteiger partial charge in [0.25, 0.3) is 0 Å². The first kappa shape index (κ1) is 14.1. The van der Waals surface area contributed by atoms with Crippen LogP contribution in [0.5, 0.6) is 0 Å². The summed E-state index contributed by atoms with van der Waals surface area (Å²) in [5.74, 6) is 0.581. The van der Waals surface area contributed by atoms with Gasteiger partial charge in [0.15, 0.2) is 0 Å². The van der Waals surface area contributed by atoms with E-state index in [-0.39, 0.29) is 11.9 Å². The lowest BCUT2D eigenvalue weighted by molar-refractivity contribution is 0.438. The predicted octanol–water partition coefficient (Wildman–Crippen LogP) is 4.36. The zero-order chi connectivity index (χ0) is 13.7. The second-order valence-corrected chi connectivity index (χ2v) is 4.89. The van der Waals surface area contributed by atoms with Gasteiger partial charge in [-0.25, -0.2) is 4.39 Å². The summed E-state index contributed by atoms with van der Waals surface area (Å²) in [5, 5.41) is 3.87. The van der Waals surface area contributed by atoms with Gasteiger partial charge in [0.2, 0.25) is 0 Å². The average molecular weight is 282 g/mol. The van der Waals surface area contributed by atoms with Crippen LogP contribution in [-0.2, 0) is 6.42 Å². The molecular weight excluding hydrogens is 265 g/mol. The number of hydrogen-bond donors (Lipinski definition) is 1. The predicted molar refractivity (Wildman–Crippen MR) is 74.9 cm³/mol. The third kappa shape index (κ3) is 3.82. The van der Waals surface area contributed by atoms with E-state index in [2.05, 4.69) is 12.2 Å². The van der Waals surface area contributed by atoms with Gasteiger partial charge < -0.3 is 9.73 Å². The first-order chi connectivity index (χ1) is 9.20. The van der Waals surface area contributed by atoms with E-state index in [0.717, 1.165) is 18.7 Å². The highest BCUT2D eigenvalue weighted by Gasteiger charge is 2.17. The van der Waals surface area contributed by atoms with Crippen molar-refractivity contribution in [2.45, 2.75) is 25.8 Å². The third-order valence-corrected chi connectivity index (χ3v) is 3.19. The monoisotopic (exact) mass is 281 g/mol. The molecule has 19 heavy (non-hydrogen) atoms. The smallest absolute Gasteiger partial charge is 0.128 e. The van der Waals surface area contributed by atoms with E-state index >= 15 is 0 Å². The minimum Gasteiger partial charge on any atom is -0.469 e. The molecule has 1 atom stereocenters. The van der Waals surface area contributed by atoms with Crippen molar-refractivity contribution in [3.05, 3.63) is 58.8 Å². The zero-order valence-electron chi connectivity index (χ0n) is 10.8. The molecule has 0 aliphatic carbocycles. The summed E-state index contributed by atoms with van der Waals surface area (Å²) in [4.78, 5) is 0. The van der Waals surface area contributed by atoms with Gasteiger partial charge in [-0.2, -0.15) is 0 Å². The minimum absolute atomic E-state index is 0.134. The first-order valence-corrected chi connectivity index (χ1v) is 6.79. The van der Waals surface area contributed by atoms with Crippen LogP contribution in [0.3, 0.4) is 0 Å². The summed E-state index contributed by atoms with van der Waals surface area (Å²) in [7, 11) is 0. The molecule has 1 N–H and O–H groups in total. The van der Waals surface area contributed by atoms with Crippen LogP contribution in [0.15, 0.2) is 41.0 Å². The van der Waals surface area contributed by atoms with Gasteiger partial charge in [-0.05, 0) is 43.3 Å². The number of furan rings is 1. The zero-order valence-corrected chi connectivity index (χ0v) is 11.6. The Morgan fingerprint density at radius 1 is 1.37 bits per heavy atom. The lowest BCUT2D eigenvalue weighted by Gasteiger charge is -2.19. The minimum atomic E-state index is -0.246. The highest BCUT2D eigenvalue weighted by molar-refractivity contribution is 6.30. The molecular formula is C15H17ClFNO. The topological polar surface area (TPSA) is 25.2 Å². The SMILES string of the molecule is CCCNC(Cc1ccco1)c1cc(Cl)ccc1F. The van der Waals surface area contributed by atoms with Gasteiger partial charge in [-0.1, -0.05) is 18.5 Å². The van der Waals surface area contributed by atoms with Crippen molar-refractivity contribution < 1.29 is 8.81 Å². The van der Waals surface area contributed by atoms with E-state index in [1.54, 1.807) is 18.4 Å². The van der Waals surface area contributed by atoms with E-state index in [0.29, 0.717) is 17.0 Å². The number of halogens is 2. The Balaban J connectivity index is 2.23. The second kappa shape index (κ2) is 6.73. The normalized spacial score (nSPS) is 12.6. The van der Waals surface area contributed by atoms with Crippen molar-refractivity contribution in [1.29, 1.82) is 0 Å². The maximum Gasteiger partial charge on any atom is 0.128 e. The fraction of sp³-hybridized carbons (Fsp3) is 0.333.